The lowest BCUT2D eigenvalue weighted by molar-refractivity contribution is 0.0927. The molecule has 1 amide bonds. The Labute approximate surface area is 136 Å². The molecular weight excluding hydrogens is 310 g/mol. The second-order valence-corrected chi connectivity index (χ2v) is 8.14. The molecule has 0 radical (unpaired) electrons. The van der Waals surface area contributed by atoms with Crippen molar-refractivity contribution in [3.8, 4) is 0 Å². The van der Waals surface area contributed by atoms with Crippen LogP contribution in [0, 0.1) is 5.92 Å². The summed E-state index contributed by atoms with van der Waals surface area (Å²) >= 11 is 0. The van der Waals surface area contributed by atoms with Crippen molar-refractivity contribution in [1.82, 2.24) is 5.32 Å². The molecule has 0 fully saturated rings. The quantitative estimate of drug-likeness (QED) is 0.942. The van der Waals surface area contributed by atoms with E-state index in [4.69, 9.17) is 0 Å². The largest absolute Gasteiger partial charge is 0.345 e. The lowest BCUT2D eigenvalue weighted by Gasteiger charge is -2.19. The Morgan fingerprint density at radius 3 is 2.39 bits per heavy atom. The van der Waals surface area contributed by atoms with E-state index in [1.807, 2.05) is 12.1 Å². The first-order chi connectivity index (χ1) is 10.9. The van der Waals surface area contributed by atoms with E-state index in [2.05, 4.69) is 24.4 Å². The van der Waals surface area contributed by atoms with E-state index in [9.17, 15) is 13.2 Å². The molecule has 2 aromatic carbocycles. The van der Waals surface area contributed by atoms with E-state index in [1.165, 1.54) is 23.3 Å². The fraction of sp³-hybridized carbons (Fsp3) is 0.278. The first-order valence-electron chi connectivity index (χ1n) is 7.55. The zero-order valence-corrected chi connectivity index (χ0v) is 13.9. The Hall–Kier alpha value is -2.14. The molecule has 0 unspecified atom stereocenters. The Kier molecular flexibility index (Phi) is 3.98. The Morgan fingerprint density at radius 1 is 1.09 bits per heavy atom. The Morgan fingerprint density at radius 2 is 1.74 bits per heavy atom. The number of amides is 1. The number of sulfone groups is 1. The van der Waals surface area contributed by atoms with Gasteiger partial charge in [0.25, 0.3) is 5.91 Å². The molecule has 1 aliphatic rings. The van der Waals surface area contributed by atoms with Gasteiger partial charge in [-0.3, -0.25) is 4.79 Å². The molecule has 23 heavy (non-hydrogen) atoms. The summed E-state index contributed by atoms with van der Waals surface area (Å²) in [6.45, 7) is 2.12. The summed E-state index contributed by atoms with van der Waals surface area (Å²) in [6, 6.07) is 14.2. The van der Waals surface area contributed by atoms with Crippen molar-refractivity contribution in [2.75, 3.05) is 6.26 Å². The van der Waals surface area contributed by atoms with Gasteiger partial charge < -0.3 is 5.32 Å². The van der Waals surface area contributed by atoms with Crippen LogP contribution >= 0.6 is 0 Å². The van der Waals surface area contributed by atoms with E-state index in [-0.39, 0.29) is 16.8 Å². The molecule has 0 saturated heterocycles. The fourth-order valence-corrected chi connectivity index (χ4v) is 3.72. The minimum absolute atomic E-state index is 0.00622. The van der Waals surface area contributed by atoms with Crippen molar-refractivity contribution >= 4 is 15.7 Å². The van der Waals surface area contributed by atoms with Crippen LogP contribution in [-0.4, -0.2) is 20.6 Å². The Balaban J connectivity index is 1.80. The number of hydrogen-bond acceptors (Lipinski definition) is 3. The van der Waals surface area contributed by atoms with Crippen LogP contribution in [0.25, 0.3) is 0 Å². The van der Waals surface area contributed by atoms with Gasteiger partial charge in [0.15, 0.2) is 9.84 Å². The van der Waals surface area contributed by atoms with Crippen molar-refractivity contribution in [2.24, 2.45) is 5.92 Å². The van der Waals surface area contributed by atoms with Gasteiger partial charge in [0.1, 0.15) is 0 Å². The zero-order valence-electron chi connectivity index (χ0n) is 13.1. The summed E-state index contributed by atoms with van der Waals surface area (Å²) in [5.74, 6) is 0.158. The third-order valence-electron chi connectivity index (χ3n) is 4.33. The van der Waals surface area contributed by atoms with E-state index >= 15 is 0 Å². The van der Waals surface area contributed by atoms with Gasteiger partial charge in [-0.2, -0.15) is 0 Å². The summed E-state index contributed by atoms with van der Waals surface area (Å²) in [7, 11) is -3.25. The van der Waals surface area contributed by atoms with Gasteiger partial charge in [-0.15, -0.1) is 0 Å². The molecule has 120 valence electrons. The highest BCUT2D eigenvalue weighted by Crippen LogP contribution is 2.35. The summed E-state index contributed by atoms with van der Waals surface area (Å²) in [5, 5.41) is 3.07. The molecule has 0 aromatic heterocycles. The second kappa shape index (κ2) is 5.81. The van der Waals surface area contributed by atoms with Crippen molar-refractivity contribution in [2.45, 2.75) is 24.3 Å². The summed E-state index contributed by atoms with van der Waals surface area (Å²) in [4.78, 5) is 12.7. The van der Waals surface area contributed by atoms with Gasteiger partial charge >= 0.3 is 0 Å². The second-order valence-electron chi connectivity index (χ2n) is 6.13. The van der Waals surface area contributed by atoms with Crippen LogP contribution in [0.1, 0.15) is 34.5 Å². The third kappa shape index (κ3) is 3.15. The molecule has 0 heterocycles. The highest BCUT2D eigenvalue weighted by molar-refractivity contribution is 7.90. The third-order valence-corrected chi connectivity index (χ3v) is 5.46. The van der Waals surface area contributed by atoms with Crippen molar-refractivity contribution < 1.29 is 13.2 Å². The molecule has 2 atom stereocenters. The minimum Gasteiger partial charge on any atom is -0.345 e. The van der Waals surface area contributed by atoms with Gasteiger partial charge in [0.2, 0.25) is 0 Å². The fourth-order valence-electron chi connectivity index (χ4n) is 3.09. The van der Waals surface area contributed by atoms with Crippen molar-refractivity contribution in [3.05, 3.63) is 65.2 Å². The summed E-state index contributed by atoms with van der Waals surface area (Å²) in [5.41, 5.74) is 2.91. The van der Waals surface area contributed by atoms with Gasteiger partial charge in [-0.25, -0.2) is 8.42 Å². The van der Waals surface area contributed by atoms with Crippen LogP contribution in [0.4, 0.5) is 0 Å². The lowest BCUT2D eigenvalue weighted by Crippen LogP contribution is -2.30. The molecule has 2 aromatic rings. The molecule has 0 bridgehead atoms. The summed E-state index contributed by atoms with van der Waals surface area (Å²) < 4.78 is 22.9. The molecule has 1 N–H and O–H groups in total. The normalized spacial score (nSPS) is 20.1. The number of carbonyl (C=O) groups is 1. The summed E-state index contributed by atoms with van der Waals surface area (Å²) in [6.07, 6.45) is 2.10. The highest BCUT2D eigenvalue weighted by Gasteiger charge is 2.30. The maximum Gasteiger partial charge on any atom is 0.251 e. The molecule has 0 spiro atoms. The molecule has 5 heteroatoms. The number of nitrogens with one attached hydrogen (secondary N) is 1. The topological polar surface area (TPSA) is 63.2 Å². The first kappa shape index (κ1) is 15.7. The van der Waals surface area contributed by atoms with E-state index in [0.717, 1.165) is 12.7 Å². The van der Waals surface area contributed by atoms with E-state index in [1.54, 1.807) is 12.1 Å². The van der Waals surface area contributed by atoms with Gasteiger partial charge in [-0.05, 0) is 47.7 Å². The average Bonchev–Trinajstić information content (AvgIpc) is 2.82. The van der Waals surface area contributed by atoms with Gasteiger partial charge in [0, 0.05) is 11.8 Å². The van der Waals surface area contributed by atoms with E-state index < -0.39 is 9.84 Å². The maximum atomic E-state index is 12.5. The first-order valence-corrected chi connectivity index (χ1v) is 9.44. The number of hydrogen-bond donors (Lipinski definition) is 1. The van der Waals surface area contributed by atoms with Gasteiger partial charge in [0.05, 0.1) is 10.9 Å². The molecule has 0 aliphatic heterocycles. The molecule has 0 saturated carbocycles. The zero-order chi connectivity index (χ0) is 16.6. The average molecular weight is 329 g/mol. The van der Waals surface area contributed by atoms with Crippen molar-refractivity contribution in [1.29, 1.82) is 0 Å². The smallest absolute Gasteiger partial charge is 0.251 e. The predicted molar refractivity (Wildman–Crippen MR) is 89.1 cm³/mol. The highest BCUT2D eigenvalue weighted by atomic mass is 32.2. The predicted octanol–water partition coefficient (Wildman–Crippen LogP) is 2.75. The van der Waals surface area contributed by atoms with Crippen LogP contribution in [0.2, 0.25) is 0 Å². The number of fused-ring (bicyclic) bond motifs is 1. The number of rotatable bonds is 3. The van der Waals surface area contributed by atoms with Crippen LogP contribution in [0.5, 0.6) is 0 Å². The minimum atomic E-state index is -3.25. The van der Waals surface area contributed by atoms with E-state index in [0.29, 0.717) is 11.5 Å². The van der Waals surface area contributed by atoms with Crippen LogP contribution < -0.4 is 5.32 Å². The van der Waals surface area contributed by atoms with Crippen LogP contribution in [-0.2, 0) is 16.3 Å². The van der Waals surface area contributed by atoms with Crippen molar-refractivity contribution in [3.63, 3.8) is 0 Å². The van der Waals surface area contributed by atoms with Gasteiger partial charge in [-0.1, -0.05) is 31.2 Å². The molecule has 3 rings (SSSR count). The van der Waals surface area contributed by atoms with Crippen LogP contribution in [0.3, 0.4) is 0 Å². The molecule has 1 aliphatic carbocycles. The SMILES string of the molecule is C[C@H]1Cc2ccccc2[C@H]1NC(=O)c1ccc(S(C)(=O)=O)cc1. The lowest BCUT2D eigenvalue weighted by atomic mass is 10.0. The monoisotopic (exact) mass is 329 g/mol. The Bertz CT molecular complexity index is 841. The molecule has 4 nitrogen and oxygen atoms in total. The number of benzene rings is 2. The standard InChI is InChI=1S/C18H19NO3S/c1-12-11-14-5-3-4-6-16(14)17(12)19-18(20)13-7-9-15(10-8-13)23(2,21)22/h3-10,12,17H,11H2,1-2H3,(H,19,20)/t12-,17-/m0/s1. The van der Waals surface area contributed by atoms with Crippen LogP contribution in [0.15, 0.2) is 53.4 Å². The number of carbonyl (C=O) groups excluding carboxylic acids is 1. The maximum absolute atomic E-state index is 12.5. The molecular formula is C18H19NO3S.